The van der Waals surface area contributed by atoms with Gasteiger partial charge in [0, 0.05) is 10.0 Å². The summed E-state index contributed by atoms with van der Waals surface area (Å²) in [6.45, 7) is -0.250. The maximum atomic E-state index is 13.0. The van der Waals surface area contributed by atoms with Gasteiger partial charge in [-0.1, -0.05) is 28.1 Å². The predicted molar refractivity (Wildman–Crippen MR) is 75.1 cm³/mol. The molecule has 0 radical (unpaired) electrons. The molecule has 100 valence electrons. The Morgan fingerprint density at radius 2 is 2.10 bits per heavy atom. The summed E-state index contributed by atoms with van der Waals surface area (Å²) in [6, 6.07) is 12.3. The van der Waals surface area contributed by atoms with E-state index in [1.807, 2.05) is 6.07 Å². The van der Waals surface area contributed by atoms with Crippen LogP contribution in [-0.4, -0.2) is 12.4 Å². The molecule has 0 saturated heterocycles. The molecule has 0 spiro atoms. The van der Waals surface area contributed by atoms with Crippen molar-refractivity contribution in [3.63, 3.8) is 0 Å². The van der Waals surface area contributed by atoms with Crippen molar-refractivity contribution in [3.8, 4) is 11.8 Å². The summed E-state index contributed by atoms with van der Waals surface area (Å²) in [7, 11) is 0. The lowest BCUT2D eigenvalue weighted by molar-refractivity contribution is 0.0921. The van der Waals surface area contributed by atoms with Gasteiger partial charge in [-0.25, -0.2) is 4.39 Å². The molecule has 2 aromatic carbocycles. The van der Waals surface area contributed by atoms with Crippen molar-refractivity contribution in [1.29, 1.82) is 5.26 Å². The lowest BCUT2D eigenvalue weighted by Gasteiger charge is -2.07. The van der Waals surface area contributed by atoms with Crippen LogP contribution in [0.25, 0.3) is 0 Å². The molecule has 0 N–H and O–H groups in total. The first-order valence-corrected chi connectivity index (χ1v) is 6.50. The van der Waals surface area contributed by atoms with Gasteiger partial charge in [0.25, 0.3) is 0 Å². The topological polar surface area (TPSA) is 50.1 Å². The zero-order chi connectivity index (χ0) is 14.5. The second-order valence-electron chi connectivity index (χ2n) is 3.97. The molecule has 0 aromatic heterocycles. The molecular formula is C15H9BrFNO2. The molecular weight excluding hydrogens is 325 g/mol. The van der Waals surface area contributed by atoms with Gasteiger partial charge >= 0.3 is 0 Å². The van der Waals surface area contributed by atoms with Crippen molar-refractivity contribution in [1.82, 2.24) is 0 Å². The molecule has 0 bridgehead atoms. The molecule has 0 aliphatic rings. The van der Waals surface area contributed by atoms with Crippen molar-refractivity contribution >= 4 is 21.7 Å². The number of nitrogens with zero attached hydrogens (tertiary/aromatic N) is 1. The highest BCUT2D eigenvalue weighted by atomic mass is 79.9. The molecule has 0 aliphatic carbocycles. The van der Waals surface area contributed by atoms with E-state index in [4.69, 9.17) is 10.00 Å². The molecule has 0 heterocycles. The Balaban J connectivity index is 2.10. The highest BCUT2D eigenvalue weighted by molar-refractivity contribution is 9.10. The smallest absolute Gasteiger partial charge is 0.200 e. The molecule has 0 atom stereocenters. The fourth-order valence-electron chi connectivity index (χ4n) is 1.60. The van der Waals surface area contributed by atoms with Crippen molar-refractivity contribution in [2.75, 3.05) is 6.61 Å². The van der Waals surface area contributed by atoms with Crippen LogP contribution in [0.3, 0.4) is 0 Å². The van der Waals surface area contributed by atoms with E-state index in [0.29, 0.717) is 11.3 Å². The standard InChI is InChI=1S/C15H9BrFNO2/c16-12-4-5-15(11(6-12)8-18)20-9-14(19)10-2-1-3-13(17)7-10/h1-7H,9H2. The van der Waals surface area contributed by atoms with Gasteiger partial charge in [-0.3, -0.25) is 4.79 Å². The van der Waals surface area contributed by atoms with Crippen LogP contribution in [-0.2, 0) is 0 Å². The number of hydrogen-bond acceptors (Lipinski definition) is 3. The Morgan fingerprint density at radius 3 is 2.80 bits per heavy atom. The fourth-order valence-corrected chi connectivity index (χ4v) is 1.97. The van der Waals surface area contributed by atoms with Crippen LogP contribution in [0.5, 0.6) is 5.75 Å². The Morgan fingerprint density at radius 1 is 1.30 bits per heavy atom. The third kappa shape index (κ3) is 3.43. The van der Waals surface area contributed by atoms with E-state index in [2.05, 4.69) is 15.9 Å². The minimum absolute atomic E-state index is 0.237. The van der Waals surface area contributed by atoms with Gasteiger partial charge < -0.3 is 4.74 Å². The summed E-state index contributed by atoms with van der Waals surface area (Å²) in [4.78, 5) is 11.9. The monoisotopic (exact) mass is 333 g/mol. The lowest BCUT2D eigenvalue weighted by atomic mass is 10.1. The summed E-state index contributed by atoms with van der Waals surface area (Å²) in [5.74, 6) is -0.506. The average Bonchev–Trinajstić information content (AvgIpc) is 2.45. The Hall–Kier alpha value is -2.19. The molecule has 3 nitrogen and oxygen atoms in total. The van der Waals surface area contributed by atoms with E-state index >= 15 is 0 Å². The second-order valence-corrected chi connectivity index (χ2v) is 4.89. The number of Topliss-reactive ketones (excluding diaryl/α,β-unsaturated/α-hetero) is 1. The number of nitriles is 1. The van der Waals surface area contributed by atoms with Gasteiger partial charge in [-0.05, 0) is 30.3 Å². The summed E-state index contributed by atoms with van der Waals surface area (Å²) >= 11 is 3.25. The quantitative estimate of drug-likeness (QED) is 0.801. The second kappa shape index (κ2) is 6.31. The maximum absolute atomic E-state index is 13.0. The first kappa shape index (κ1) is 14.2. The zero-order valence-electron chi connectivity index (χ0n) is 10.3. The van der Waals surface area contributed by atoms with Gasteiger partial charge in [0.1, 0.15) is 17.6 Å². The van der Waals surface area contributed by atoms with Crippen molar-refractivity contribution < 1.29 is 13.9 Å². The number of ketones is 1. The van der Waals surface area contributed by atoms with Gasteiger partial charge in [0.15, 0.2) is 12.4 Å². The number of halogens is 2. The average molecular weight is 334 g/mol. The van der Waals surface area contributed by atoms with Crippen molar-refractivity contribution in [2.24, 2.45) is 0 Å². The fraction of sp³-hybridized carbons (Fsp3) is 0.0667. The molecule has 2 aromatic rings. The van der Waals surface area contributed by atoms with E-state index in [1.165, 1.54) is 18.2 Å². The van der Waals surface area contributed by atoms with Gasteiger partial charge in [-0.15, -0.1) is 0 Å². The number of rotatable bonds is 4. The zero-order valence-corrected chi connectivity index (χ0v) is 11.9. The van der Waals surface area contributed by atoms with E-state index in [1.54, 1.807) is 18.2 Å². The van der Waals surface area contributed by atoms with E-state index in [9.17, 15) is 9.18 Å². The van der Waals surface area contributed by atoms with Crippen molar-refractivity contribution in [3.05, 3.63) is 63.9 Å². The molecule has 0 fully saturated rings. The molecule has 0 amide bonds. The minimum Gasteiger partial charge on any atom is -0.484 e. The molecule has 0 saturated carbocycles. The largest absolute Gasteiger partial charge is 0.484 e. The highest BCUT2D eigenvalue weighted by Gasteiger charge is 2.10. The van der Waals surface area contributed by atoms with Gasteiger partial charge in [0.05, 0.1) is 5.56 Å². The van der Waals surface area contributed by atoms with Crippen LogP contribution in [0.1, 0.15) is 15.9 Å². The maximum Gasteiger partial charge on any atom is 0.200 e. The van der Waals surface area contributed by atoms with E-state index in [0.717, 1.165) is 10.5 Å². The molecule has 0 unspecified atom stereocenters. The van der Waals surface area contributed by atoms with Crippen LogP contribution >= 0.6 is 15.9 Å². The Labute approximate surface area is 123 Å². The number of benzene rings is 2. The normalized spacial score (nSPS) is 9.85. The summed E-state index contributed by atoms with van der Waals surface area (Å²) in [6.07, 6.45) is 0. The molecule has 5 heteroatoms. The van der Waals surface area contributed by atoms with Crippen molar-refractivity contribution in [2.45, 2.75) is 0 Å². The Bertz CT molecular complexity index is 695. The molecule has 20 heavy (non-hydrogen) atoms. The lowest BCUT2D eigenvalue weighted by Crippen LogP contribution is -2.12. The summed E-state index contributed by atoms with van der Waals surface area (Å²) in [5, 5.41) is 8.98. The Kier molecular flexibility index (Phi) is 4.49. The SMILES string of the molecule is N#Cc1cc(Br)ccc1OCC(=O)c1cccc(F)c1. The summed E-state index contributed by atoms with van der Waals surface area (Å²) < 4.78 is 19.1. The van der Waals surface area contributed by atoms with Crippen LogP contribution < -0.4 is 4.74 Å². The molecule has 2 rings (SSSR count). The summed E-state index contributed by atoms with van der Waals surface area (Å²) in [5.41, 5.74) is 0.562. The predicted octanol–water partition coefficient (Wildman–Crippen LogP) is 3.72. The number of ether oxygens (including phenoxy) is 1. The van der Waals surface area contributed by atoms with E-state index in [-0.39, 0.29) is 18.0 Å². The molecule has 0 aliphatic heterocycles. The third-order valence-corrected chi connectivity index (χ3v) is 3.06. The number of hydrogen-bond donors (Lipinski definition) is 0. The van der Waals surface area contributed by atoms with Crippen LogP contribution in [0, 0.1) is 17.1 Å². The first-order chi connectivity index (χ1) is 9.60. The first-order valence-electron chi connectivity index (χ1n) is 5.71. The van der Waals surface area contributed by atoms with E-state index < -0.39 is 5.82 Å². The number of carbonyl (C=O) groups is 1. The van der Waals surface area contributed by atoms with Gasteiger partial charge in [0.2, 0.25) is 0 Å². The van der Waals surface area contributed by atoms with Crippen LogP contribution in [0.2, 0.25) is 0 Å². The van der Waals surface area contributed by atoms with Gasteiger partial charge in [-0.2, -0.15) is 5.26 Å². The highest BCUT2D eigenvalue weighted by Crippen LogP contribution is 2.22. The van der Waals surface area contributed by atoms with Crippen LogP contribution in [0.15, 0.2) is 46.9 Å². The minimum atomic E-state index is -0.475. The third-order valence-electron chi connectivity index (χ3n) is 2.57. The number of carbonyl (C=O) groups excluding carboxylic acids is 1. The van der Waals surface area contributed by atoms with Crippen LogP contribution in [0.4, 0.5) is 4.39 Å².